The maximum absolute atomic E-state index is 9.88. The minimum absolute atomic E-state index is 0.111. The van der Waals surface area contributed by atoms with E-state index in [1.54, 1.807) is 0 Å². The monoisotopic (exact) mass is 132 g/mol. The molecule has 1 N–H and O–H groups in total. The molecule has 0 spiro atoms. The number of carbonyl (C=O) groups is 1. The minimum Gasteiger partial charge on any atom is -0.481 e. The first-order valence-electron chi connectivity index (χ1n) is 3.07. The fourth-order valence-corrected chi connectivity index (χ4v) is 0.406. The Morgan fingerprint density at radius 3 is 2.67 bits per heavy atom. The zero-order chi connectivity index (χ0) is 7.11. The summed E-state index contributed by atoms with van der Waals surface area (Å²) in [5.74, 6) is -0.800. The van der Waals surface area contributed by atoms with Crippen molar-refractivity contribution in [1.82, 2.24) is 0 Å². The molecule has 0 aliphatic heterocycles. The number of carboxylic acid groups (broad SMARTS) is 1. The molecular weight excluding hydrogens is 120 g/mol. The quantitative estimate of drug-likeness (QED) is 0.565. The van der Waals surface area contributed by atoms with Crippen molar-refractivity contribution in [3.8, 4) is 0 Å². The van der Waals surface area contributed by atoms with Crippen LogP contribution in [-0.4, -0.2) is 24.3 Å². The van der Waals surface area contributed by atoms with Crippen LogP contribution in [0.5, 0.6) is 0 Å². The van der Waals surface area contributed by atoms with Gasteiger partial charge in [-0.15, -0.1) is 0 Å². The summed E-state index contributed by atoms with van der Waals surface area (Å²) in [5, 5.41) is 8.13. The van der Waals surface area contributed by atoms with Gasteiger partial charge in [-0.1, -0.05) is 6.92 Å². The predicted octanol–water partition coefficient (Wildman–Crippen LogP) is 0.888. The molecule has 0 heterocycles. The third kappa shape index (κ3) is 7.43. The van der Waals surface area contributed by atoms with Crippen LogP contribution in [0, 0.1) is 0 Å². The first-order valence-corrected chi connectivity index (χ1v) is 3.07. The van der Waals surface area contributed by atoms with E-state index in [9.17, 15) is 4.79 Å². The van der Waals surface area contributed by atoms with Gasteiger partial charge in [-0.2, -0.15) is 0 Å². The molecule has 0 aliphatic rings. The summed E-state index contributed by atoms with van der Waals surface area (Å²) >= 11 is 0. The Morgan fingerprint density at radius 2 is 2.22 bits per heavy atom. The Hall–Kier alpha value is -0.570. The molecule has 3 nitrogen and oxygen atoms in total. The van der Waals surface area contributed by atoms with Gasteiger partial charge in [-0.3, -0.25) is 4.79 Å². The summed E-state index contributed by atoms with van der Waals surface area (Å²) in [6, 6.07) is 0. The summed E-state index contributed by atoms with van der Waals surface area (Å²) < 4.78 is 4.91. The molecule has 0 saturated carbocycles. The number of carboxylic acids is 1. The van der Waals surface area contributed by atoms with E-state index in [2.05, 4.69) is 0 Å². The second kappa shape index (κ2) is 5.56. The van der Waals surface area contributed by atoms with Gasteiger partial charge >= 0.3 is 5.97 Å². The van der Waals surface area contributed by atoms with Crippen LogP contribution in [0.25, 0.3) is 0 Å². The van der Waals surface area contributed by atoms with E-state index in [0.29, 0.717) is 13.2 Å². The van der Waals surface area contributed by atoms with Crippen molar-refractivity contribution in [2.75, 3.05) is 13.2 Å². The highest BCUT2D eigenvalue weighted by Gasteiger charge is 1.93. The number of ether oxygens (including phenoxy) is 1. The van der Waals surface area contributed by atoms with Gasteiger partial charge in [0, 0.05) is 6.61 Å². The lowest BCUT2D eigenvalue weighted by molar-refractivity contribution is -0.138. The van der Waals surface area contributed by atoms with Crippen molar-refractivity contribution < 1.29 is 14.6 Å². The van der Waals surface area contributed by atoms with Crippen LogP contribution in [0.3, 0.4) is 0 Å². The molecule has 0 rings (SSSR count). The molecule has 0 aliphatic carbocycles. The van der Waals surface area contributed by atoms with Crippen LogP contribution >= 0.6 is 0 Å². The van der Waals surface area contributed by atoms with Gasteiger partial charge in [0.05, 0.1) is 13.0 Å². The summed E-state index contributed by atoms with van der Waals surface area (Å²) in [5.41, 5.74) is 0. The zero-order valence-corrected chi connectivity index (χ0v) is 5.59. The highest BCUT2D eigenvalue weighted by Crippen LogP contribution is 1.84. The molecule has 0 amide bonds. The Balaban J connectivity index is 2.83. The molecule has 3 heteroatoms. The van der Waals surface area contributed by atoms with Crippen LogP contribution in [0.4, 0.5) is 0 Å². The van der Waals surface area contributed by atoms with E-state index in [4.69, 9.17) is 9.84 Å². The summed E-state index contributed by atoms with van der Waals surface area (Å²) in [6.07, 6.45) is 1.06. The Morgan fingerprint density at radius 1 is 1.56 bits per heavy atom. The van der Waals surface area contributed by atoms with E-state index in [1.165, 1.54) is 0 Å². The maximum atomic E-state index is 9.88. The number of hydrogen-bond acceptors (Lipinski definition) is 2. The topological polar surface area (TPSA) is 46.5 Å². The van der Waals surface area contributed by atoms with Crippen LogP contribution in [0.1, 0.15) is 19.8 Å². The average Bonchev–Trinajstić information content (AvgIpc) is 1.80. The minimum atomic E-state index is -0.800. The summed E-state index contributed by atoms with van der Waals surface area (Å²) in [7, 11) is 0. The number of aliphatic carboxylic acids is 1. The van der Waals surface area contributed by atoms with Crippen LogP contribution < -0.4 is 0 Å². The van der Waals surface area contributed by atoms with Gasteiger partial charge in [0.1, 0.15) is 0 Å². The molecular formula is C6H12O3. The lowest BCUT2D eigenvalue weighted by Crippen LogP contribution is -2.02. The molecule has 0 aromatic rings. The SMILES string of the molecule is CCCOCCC(=O)O. The molecule has 0 atom stereocenters. The third-order valence-corrected chi connectivity index (χ3v) is 0.809. The molecule has 0 bridgehead atoms. The van der Waals surface area contributed by atoms with Crippen molar-refractivity contribution in [3.63, 3.8) is 0 Å². The number of rotatable bonds is 5. The van der Waals surface area contributed by atoms with E-state index >= 15 is 0 Å². The number of hydrogen-bond donors (Lipinski definition) is 1. The van der Waals surface area contributed by atoms with Crippen LogP contribution in [0.2, 0.25) is 0 Å². The predicted molar refractivity (Wildman–Crippen MR) is 33.4 cm³/mol. The molecule has 0 fully saturated rings. The summed E-state index contributed by atoms with van der Waals surface area (Å²) in [4.78, 5) is 9.88. The molecule has 0 saturated heterocycles. The summed E-state index contributed by atoms with van der Waals surface area (Å²) in [6.45, 7) is 2.98. The van der Waals surface area contributed by atoms with Crippen LogP contribution in [-0.2, 0) is 9.53 Å². The van der Waals surface area contributed by atoms with Gasteiger partial charge in [0.15, 0.2) is 0 Å². The fourth-order valence-electron chi connectivity index (χ4n) is 0.406. The third-order valence-electron chi connectivity index (χ3n) is 0.809. The lowest BCUT2D eigenvalue weighted by Gasteiger charge is -1.96. The van der Waals surface area contributed by atoms with Crippen molar-refractivity contribution in [1.29, 1.82) is 0 Å². The van der Waals surface area contributed by atoms with Gasteiger partial charge in [-0.05, 0) is 6.42 Å². The maximum Gasteiger partial charge on any atom is 0.305 e. The van der Waals surface area contributed by atoms with Crippen molar-refractivity contribution in [2.45, 2.75) is 19.8 Å². The molecule has 0 unspecified atom stereocenters. The average molecular weight is 132 g/mol. The zero-order valence-electron chi connectivity index (χ0n) is 5.59. The highest BCUT2D eigenvalue weighted by atomic mass is 16.5. The second-order valence-corrected chi connectivity index (χ2v) is 1.76. The first-order chi connectivity index (χ1) is 4.27. The van der Waals surface area contributed by atoms with Gasteiger partial charge < -0.3 is 9.84 Å². The Kier molecular flexibility index (Phi) is 5.21. The van der Waals surface area contributed by atoms with Crippen molar-refractivity contribution >= 4 is 5.97 Å². The van der Waals surface area contributed by atoms with E-state index in [-0.39, 0.29) is 6.42 Å². The van der Waals surface area contributed by atoms with Crippen LogP contribution in [0.15, 0.2) is 0 Å². The van der Waals surface area contributed by atoms with E-state index < -0.39 is 5.97 Å². The standard InChI is InChI=1S/C6H12O3/c1-2-4-9-5-3-6(7)8/h2-5H2,1H3,(H,7,8). The second-order valence-electron chi connectivity index (χ2n) is 1.76. The van der Waals surface area contributed by atoms with Gasteiger partial charge in [0.25, 0.3) is 0 Å². The highest BCUT2D eigenvalue weighted by molar-refractivity contribution is 5.66. The molecule has 54 valence electrons. The van der Waals surface area contributed by atoms with Crippen molar-refractivity contribution in [2.24, 2.45) is 0 Å². The van der Waals surface area contributed by atoms with Gasteiger partial charge in [-0.25, -0.2) is 0 Å². The van der Waals surface area contributed by atoms with E-state index in [1.807, 2.05) is 6.92 Å². The Bertz CT molecular complexity index is 80.4. The lowest BCUT2D eigenvalue weighted by atomic mass is 10.5. The molecule has 0 aromatic carbocycles. The molecule has 0 radical (unpaired) electrons. The molecule has 0 aromatic heterocycles. The normalized spacial score (nSPS) is 9.44. The smallest absolute Gasteiger partial charge is 0.305 e. The first kappa shape index (κ1) is 8.43. The fraction of sp³-hybridized carbons (Fsp3) is 0.833. The van der Waals surface area contributed by atoms with Crippen molar-refractivity contribution in [3.05, 3.63) is 0 Å². The largest absolute Gasteiger partial charge is 0.481 e. The Labute approximate surface area is 54.6 Å². The van der Waals surface area contributed by atoms with Gasteiger partial charge in [0.2, 0.25) is 0 Å². The van der Waals surface area contributed by atoms with E-state index in [0.717, 1.165) is 6.42 Å². The molecule has 9 heavy (non-hydrogen) atoms.